The molecule has 2 aromatic carbocycles. The van der Waals surface area contributed by atoms with Crippen LogP contribution in [0, 0.1) is 0 Å². The number of allylic oxidation sites excluding steroid dienone is 2. The maximum Gasteiger partial charge on any atom is 0.270 e. The third-order valence-corrected chi connectivity index (χ3v) is 4.76. The van der Waals surface area contributed by atoms with Crippen molar-refractivity contribution < 1.29 is 9.59 Å². The van der Waals surface area contributed by atoms with E-state index in [-0.39, 0.29) is 11.8 Å². The van der Waals surface area contributed by atoms with Gasteiger partial charge in [-0.1, -0.05) is 73.5 Å². The molecule has 0 spiro atoms. The lowest BCUT2D eigenvalue weighted by molar-refractivity contribution is -0.127. The highest BCUT2D eigenvalue weighted by molar-refractivity contribution is 6.03. The van der Waals surface area contributed by atoms with Gasteiger partial charge in [-0.2, -0.15) is 0 Å². The highest BCUT2D eigenvalue weighted by Gasteiger charge is 2.21. The van der Waals surface area contributed by atoms with Crippen molar-refractivity contribution in [2.24, 2.45) is 0 Å². The number of nitrogens with zero attached hydrogens (tertiary/aromatic N) is 1. The Labute approximate surface area is 166 Å². The second-order valence-corrected chi connectivity index (χ2v) is 6.88. The molecule has 2 aromatic rings. The first kappa shape index (κ1) is 19.6. The molecule has 0 aromatic heterocycles. The van der Waals surface area contributed by atoms with Gasteiger partial charge in [-0.3, -0.25) is 9.59 Å². The topological polar surface area (TPSA) is 49.4 Å². The van der Waals surface area contributed by atoms with E-state index in [1.54, 1.807) is 18.2 Å². The standard InChI is InChI=1S/C24H26N2O2/c27-23(21-15-7-4-8-16-21)25-22(17-11-14-20-12-5-3-6-13-20)24(28)26-18-9-1-2-10-19-26/h3-8,11-17H,1-2,9-10,18-19H2,(H,25,27)/b14-11+,22-17-. The predicted octanol–water partition coefficient (Wildman–Crippen LogP) is 4.42. The summed E-state index contributed by atoms with van der Waals surface area (Å²) >= 11 is 0. The minimum absolute atomic E-state index is 0.121. The zero-order chi connectivity index (χ0) is 19.6. The van der Waals surface area contributed by atoms with Gasteiger partial charge in [0.05, 0.1) is 0 Å². The zero-order valence-corrected chi connectivity index (χ0v) is 16.0. The summed E-state index contributed by atoms with van der Waals surface area (Å²) in [6, 6.07) is 18.8. The van der Waals surface area contributed by atoms with Crippen LogP contribution in [0.4, 0.5) is 0 Å². The smallest absolute Gasteiger partial charge is 0.270 e. The molecule has 2 amide bonds. The molecule has 144 valence electrons. The van der Waals surface area contributed by atoms with Crippen molar-refractivity contribution in [1.29, 1.82) is 0 Å². The van der Waals surface area contributed by atoms with E-state index in [1.165, 1.54) is 0 Å². The SMILES string of the molecule is O=C(N/C(=C\C=C\c1ccccc1)C(=O)N1CCCCCC1)c1ccccc1. The average Bonchev–Trinajstić information content (AvgIpc) is 3.03. The first-order valence-corrected chi connectivity index (χ1v) is 9.83. The zero-order valence-electron chi connectivity index (χ0n) is 16.0. The molecule has 28 heavy (non-hydrogen) atoms. The van der Waals surface area contributed by atoms with Crippen LogP contribution in [0.1, 0.15) is 41.6 Å². The molecule has 1 N–H and O–H groups in total. The largest absolute Gasteiger partial charge is 0.337 e. The van der Waals surface area contributed by atoms with Crippen LogP contribution in [0.15, 0.2) is 78.5 Å². The molecule has 4 nitrogen and oxygen atoms in total. The van der Waals surface area contributed by atoms with E-state index >= 15 is 0 Å². The lowest BCUT2D eigenvalue weighted by Gasteiger charge is -2.22. The van der Waals surface area contributed by atoms with E-state index in [0.717, 1.165) is 44.3 Å². The highest BCUT2D eigenvalue weighted by atomic mass is 16.2. The minimum atomic E-state index is -0.275. The van der Waals surface area contributed by atoms with Gasteiger partial charge < -0.3 is 10.2 Å². The molecule has 1 aliphatic heterocycles. The highest BCUT2D eigenvalue weighted by Crippen LogP contribution is 2.13. The van der Waals surface area contributed by atoms with Gasteiger partial charge in [0.25, 0.3) is 11.8 Å². The Morgan fingerprint density at radius 2 is 1.43 bits per heavy atom. The van der Waals surface area contributed by atoms with E-state index in [4.69, 9.17) is 0 Å². The summed E-state index contributed by atoms with van der Waals surface area (Å²) in [4.78, 5) is 27.5. The third-order valence-electron chi connectivity index (χ3n) is 4.76. The van der Waals surface area contributed by atoms with Gasteiger partial charge in [0.1, 0.15) is 5.70 Å². The Kier molecular flexibility index (Phi) is 7.19. The van der Waals surface area contributed by atoms with Crippen molar-refractivity contribution in [2.75, 3.05) is 13.1 Å². The van der Waals surface area contributed by atoms with E-state index in [1.807, 2.05) is 65.6 Å². The number of rotatable bonds is 5. The third kappa shape index (κ3) is 5.68. The molecule has 3 rings (SSSR count). The van der Waals surface area contributed by atoms with Gasteiger partial charge in [-0.05, 0) is 36.6 Å². The summed E-state index contributed by atoms with van der Waals surface area (Å²) in [5.41, 5.74) is 1.88. The van der Waals surface area contributed by atoms with E-state index in [0.29, 0.717) is 11.3 Å². The monoisotopic (exact) mass is 374 g/mol. The van der Waals surface area contributed by atoms with E-state index < -0.39 is 0 Å². The number of benzene rings is 2. The Morgan fingerprint density at radius 3 is 2.07 bits per heavy atom. The Hall–Kier alpha value is -3.14. The van der Waals surface area contributed by atoms with Crippen LogP contribution in [0.5, 0.6) is 0 Å². The number of carbonyl (C=O) groups excluding carboxylic acids is 2. The molecular formula is C24H26N2O2. The molecule has 0 atom stereocenters. The lowest BCUT2D eigenvalue weighted by Crippen LogP contribution is -2.39. The maximum atomic E-state index is 13.1. The first-order valence-electron chi connectivity index (χ1n) is 9.83. The van der Waals surface area contributed by atoms with Crippen molar-refractivity contribution in [1.82, 2.24) is 10.2 Å². The van der Waals surface area contributed by atoms with Gasteiger partial charge in [0.2, 0.25) is 0 Å². The maximum absolute atomic E-state index is 13.1. The summed E-state index contributed by atoms with van der Waals surface area (Å²) in [6.45, 7) is 1.47. The number of carbonyl (C=O) groups is 2. The molecule has 0 saturated carbocycles. The average molecular weight is 374 g/mol. The van der Waals surface area contributed by atoms with Crippen LogP contribution >= 0.6 is 0 Å². The fourth-order valence-corrected chi connectivity index (χ4v) is 3.21. The number of likely N-dealkylation sites (tertiary alicyclic amines) is 1. The van der Waals surface area contributed by atoms with Crippen molar-refractivity contribution in [3.8, 4) is 0 Å². The summed E-state index contributed by atoms with van der Waals surface area (Å²) < 4.78 is 0. The second kappa shape index (κ2) is 10.3. The fraction of sp³-hybridized carbons (Fsp3) is 0.250. The molecule has 1 saturated heterocycles. The molecule has 1 heterocycles. The van der Waals surface area contributed by atoms with Crippen molar-refractivity contribution in [3.63, 3.8) is 0 Å². The number of nitrogens with one attached hydrogen (secondary N) is 1. The van der Waals surface area contributed by atoms with E-state index in [2.05, 4.69) is 5.32 Å². The normalized spacial score (nSPS) is 15.3. The van der Waals surface area contributed by atoms with Crippen LogP contribution in [-0.4, -0.2) is 29.8 Å². The van der Waals surface area contributed by atoms with Crippen molar-refractivity contribution >= 4 is 17.9 Å². The minimum Gasteiger partial charge on any atom is -0.337 e. The number of amides is 2. The fourth-order valence-electron chi connectivity index (χ4n) is 3.21. The Balaban J connectivity index is 1.80. The van der Waals surface area contributed by atoms with Crippen molar-refractivity contribution in [3.05, 3.63) is 89.6 Å². The van der Waals surface area contributed by atoms with Gasteiger partial charge in [-0.15, -0.1) is 0 Å². The summed E-state index contributed by atoms with van der Waals surface area (Å²) in [5.74, 6) is -0.396. The van der Waals surface area contributed by atoms with Crippen LogP contribution < -0.4 is 5.32 Å². The number of hydrogen-bond donors (Lipinski definition) is 1. The molecular weight excluding hydrogens is 348 g/mol. The molecule has 0 unspecified atom stereocenters. The van der Waals surface area contributed by atoms with Gasteiger partial charge in [0.15, 0.2) is 0 Å². The molecule has 1 fully saturated rings. The molecule has 1 aliphatic rings. The van der Waals surface area contributed by atoms with Crippen LogP contribution in [0.25, 0.3) is 6.08 Å². The quantitative estimate of drug-likeness (QED) is 0.622. The summed E-state index contributed by atoms with van der Waals surface area (Å²) in [7, 11) is 0. The van der Waals surface area contributed by atoms with E-state index in [9.17, 15) is 9.59 Å². The van der Waals surface area contributed by atoms with Crippen LogP contribution in [0.2, 0.25) is 0 Å². The molecule has 0 aliphatic carbocycles. The van der Waals surface area contributed by atoms with Crippen molar-refractivity contribution in [2.45, 2.75) is 25.7 Å². The molecule has 0 radical (unpaired) electrons. The molecule has 4 heteroatoms. The second-order valence-electron chi connectivity index (χ2n) is 6.88. The summed E-state index contributed by atoms with van der Waals surface area (Å²) in [6.07, 6.45) is 9.73. The van der Waals surface area contributed by atoms with Crippen LogP contribution in [-0.2, 0) is 4.79 Å². The Bertz CT molecular complexity index is 833. The van der Waals surface area contributed by atoms with Crippen LogP contribution in [0.3, 0.4) is 0 Å². The first-order chi connectivity index (χ1) is 13.7. The predicted molar refractivity (Wildman–Crippen MR) is 113 cm³/mol. The molecule has 0 bridgehead atoms. The van der Waals surface area contributed by atoms with Gasteiger partial charge in [0, 0.05) is 18.7 Å². The van der Waals surface area contributed by atoms with Gasteiger partial charge >= 0.3 is 0 Å². The lowest BCUT2D eigenvalue weighted by atomic mass is 10.2. The van der Waals surface area contributed by atoms with Gasteiger partial charge in [-0.25, -0.2) is 0 Å². The summed E-state index contributed by atoms with van der Waals surface area (Å²) in [5, 5.41) is 2.82. The Morgan fingerprint density at radius 1 is 0.821 bits per heavy atom. The number of hydrogen-bond acceptors (Lipinski definition) is 2.